The first-order valence-electron chi connectivity index (χ1n) is 8.37. The van der Waals surface area contributed by atoms with Gasteiger partial charge in [0, 0.05) is 30.0 Å². The first-order valence-corrected chi connectivity index (χ1v) is 8.37. The van der Waals surface area contributed by atoms with Crippen LogP contribution < -0.4 is 10.2 Å². The highest BCUT2D eigenvalue weighted by molar-refractivity contribution is 5.49. The van der Waals surface area contributed by atoms with E-state index in [1.807, 2.05) is 0 Å². The van der Waals surface area contributed by atoms with E-state index in [-0.39, 0.29) is 0 Å². The fourth-order valence-corrected chi connectivity index (χ4v) is 3.47. The Kier molecular flexibility index (Phi) is 4.67. The first kappa shape index (κ1) is 15.0. The van der Waals surface area contributed by atoms with Crippen LogP contribution in [-0.4, -0.2) is 18.6 Å². The predicted octanol–water partition coefficient (Wildman–Crippen LogP) is 4.79. The summed E-state index contributed by atoms with van der Waals surface area (Å²) < 4.78 is 0. The summed E-state index contributed by atoms with van der Waals surface area (Å²) in [5.41, 5.74) is 2.60. The molecule has 0 saturated carbocycles. The van der Waals surface area contributed by atoms with E-state index >= 15 is 0 Å². The van der Waals surface area contributed by atoms with Gasteiger partial charge in [-0.15, -0.1) is 0 Å². The molecule has 0 radical (unpaired) electrons. The highest BCUT2D eigenvalue weighted by Gasteiger charge is 2.30. The maximum atomic E-state index is 3.71. The lowest BCUT2D eigenvalue weighted by molar-refractivity contribution is 0.355. The van der Waals surface area contributed by atoms with Crippen LogP contribution >= 0.6 is 0 Å². The summed E-state index contributed by atoms with van der Waals surface area (Å²) in [5, 5.41) is 3.71. The molecule has 1 aliphatic heterocycles. The summed E-state index contributed by atoms with van der Waals surface area (Å²) in [7, 11) is 0. The third-order valence-corrected chi connectivity index (χ3v) is 4.65. The van der Waals surface area contributed by atoms with Crippen LogP contribution in [0.1, 0.15) is 26.7 Å². The van der Waals surface area contributed by atoms with Crippen LogP contribution in [-0.2, 0) is 0 Å². The van der Waals surface area contributed by atoms with Gasteiger partial charge in [-0.1, -0.05) is 50.2 Å². The average Bonchev–Trinajstić information content (AvgIpc) is 2.56. The summed E-state index contributed by atoms with van der Waals surface area (Å²) in [5.74, 6) is 0.653. The molecule has 2 atom stereocenters. The highest BCUT2D eigenvalue weighted by atomic mass is 15.2. The smallest absolute Gasteiger partial charge is 0.0368 e. The van der Waals surface area contributed by atoms with Gasteiger partial charge in [-0.3, -0.25) is 0 Å². The third kappa shape index (κ3) is 3.44. The van der Waals surface area contributed by atoms with Gasteiger partial charge in [0.15, 0.2) is 0 Å². The van der Waals surface area contributed by atoms with Gasteiger partial charge < -0.3 is 10.2 Å². The monoisotopic (exact) mass is 294 g/mol. The van der Waals surface area contributed by atoms with Crippen molar-refractivity contribution in [3.8, 4) is 0 Å². The van der Waals surface area contributed by atoms with Crippen molar-refractivity contribution in [1.82, 2.24) is 0 Å². The van der Waals surface area contributed by atoms with Crippen LogP contribution in [0.5, 0.6) is 0 Å². The number of hydrogen-bond donors (Lipinski definition) is 1. The molecule has 0 aliphatic carbocycles. The molecule has 1 N–H and O–H groups in total. The van der Waals surface area contributed by atoms with Crippen LogP contribution in [0.25, 0.3) is 0 Å². The molecule has 0 unspecified atom stereocenters. The summed E-state index contributed by atoms with van der Waals surface area (Å²) >= 11 is 0. The zero-order valence-electron chi connectivity index (χ0n) is 13.6. The van der Waals surface area contributed by atoms with Gasteiger partial charge in [-0.05, 0) is 43.0 Å². The molecule has 2 nitrogen and oxygen atoms in total. The molecule has 2 heteroatoms. The predicted molar refractivity (Wildman–Crippen MR) is 95.5 cm³/mol. The number of rotatable bonds is 4. The van der Waals surface area contributed by atoms with Gasteiger partial charge in [0.2, 0.25) is 0 Å². The van der Waals surface area contributed by atoms with Crippen LogP contribution in [0.4, 0.5) is 11.4 Å². The van der Waals surface area contributed by atoms with Crippen LogP contribution in [0.15, 0.2) is 60.7 Å². The van der Waals surface area contributed by atoms with Crippen LogP contribution in [0.2, 0.25) is 0 Å². The van der Waals surface area contributed by atoms with Crippen molar-refractivity contribution < 1.29 is 0 Å². The van der Waals surface area contributed by atoms with Crippen molar-refractivity contribution in [2.45, 2.75) is 38.8 Å². The number of hydrogen-bond acceptors (Lipinski definition) is 2. The minimum atomic E-state index is 0.565. The molecule has 1 fully saturated rings. The van der Waals surface area contributed by atoms with E-state index in [2.05, 4.69) is 84.7 Å². The molecule has 2 aromatic carbocycles. The number of piperidine rings is 1. The number of benzene rings is 2. The maximum absolute atomic E-state index is 3.71. The Morgan fingerprint density at radius 1 is 0.955 bits per heavy atom. The highest BCUT2D eigenvalue weighted by Crippen LogP contribution is 2.30. The molecule has 116 valence electrons. The molecule has 22 heavy (non-hydrogen) atoms. The Bertz CT molecular complexity index is 565. The lowest BCUT2D eigenvalue weighted by Crippen LogP contribution is -2.49. The van der Waals surface area contributed by atoms with E-state index in [0.717, 1.165) is 6.54 Å². The largest absolute Gasteiger partial charge is 0.382 e. The van der Waals surface area contributed by atoms with E-state index in [0.29, 0.717) is 18.0 Å². The van der Waals surface area contributed by atoms with Crippen molar-refractivity contribution in [3.63, 3.8) is 0 Å². The summed E-state index contributed by atoms with van der Waals surface area (Å²) in [6, 6.07) is 22.6. The van der Waals surface area contributed by atoms with E-state index < -0.39 is 0 Å². The zero-order valence-corrected chi connectivity index (χ0v) is 13.6. The number of nitrogens with zero attached hydrogens (tertiary/aromatic N) is 1. The molecule has 1 saturated heterocycles. The minimum Gasteiger partial charge on any atom is -0.382 e. The van der Waals surface area contributed by atoms with Crippen molar-refractivity contribution in [2.24, 2.45) is 5.92 Å². The summed E-state index contributed by atoms with van der Waals surface area (Å²) in [4.78, 5) is 2.59. The Labute approximate surface area is 134 Å². The molecular weight excluding hydrogens is 268 g/mol. The zero-order chi connectivity index (χ0) is 15.4. The second-order valence-electron chi connectivity index (χ2n) is 6.57. The van der Waals surface area contributed by atoms with Crippen molar-refractivity contribution in [2.75, 3.05) is 16.8 Å². The third-order valence-electron chi connectivity index (χ3n) is 4.65. The number of anilines is 2. The number of nitrogens with one attached hydrogen (secondary N) is 1. The summed E-state index contributed by atoms with van der Waals surface area (Å²) in [6.45, 7) is 5.80. The molecule has 1 heterocycles. The molecular formula is C20H26N2. The normalized spacial score (nSPS) is 21.9. The Morgan fingerprint density at radius 3 is 2.23 bits per heavy atom. The van der Waals surface area contributed by atoms with E-state index in [9.17, 15) is 0 Å². The van der Waals surface area contributed by atoms with Gasteiger partial charge >= 0.3 is 0 Å². The van der Waals surface area contributed by atoms with E-state index in [1.165, 1.54) is 24.2 Å². The summed E-state index contributed by atoms with van der Waals surface area (Å²) in [6.07, 6.45) is 2.38. The first-order chi connectivity index (χ1) is 10.7. The molecule has 0 bridgehead atoms. The second kappa shape index (κ2) is 6.87. The second-order valence-corrected chi connectivity index (χ2v) is 6.57. The lowest BCUT2D eigenvalue weighted by Gasteiger charge is -2.43. The van der Waals surface area contributed by atoms with Gasteiger partial charge in [0.25, 0.3) is 0 Å². The van der Waals surface area contributed by atoms with Crippen molar-refractivity contribution >= 4 is 11.4 Å². The Hall–Kier alpha value is -1.96. The van der Waals surface area contributed by atoms with Gasteiger partial charge in [-0.25, -0.2) is 0 Å². The fraction of sp³-hybridized carbons (Fsp3) is 0.400. The molecule has 0 spiro atoms. The van der Waals surface area contributed by atoms with Gasteiger partial charge in [0.05, 0.1) is 0 Å². The van der Waals surface area contributed by atoms with Crippen molar-refractivity contribution in [3.05, 3.63) is 60.7 Å². The quantitative estimate of drug-likeness (QED) is 0.872. The Morgan fingerprint density at radius 2 is 1.59 bits per heavy atom. The van der Waals surface area contributed by atoms with E-state index in [1.54, 1.807) is 0 Å². The van der Waals surface area contributed by atoms with Gasteiger partial charge in [-0.2, -0.15) is 0 Å². The standard InChI is InChI=1S/C20H26N2/c1-16(2)20-15-18(21-17-9-5-3-6-10-17)13-14-22(20)19-11-7-4-8-12-19/h3-12,16,18,20-21H,13-15H2,1-2H3/t18-,20-/m1/s1. The Balaban J connectivity index is 1.71. The van der Waals surface area contributed by atoms with Crippen LogP contribution in [0, 0.1) is 5.92 Å². The molecule has 0 amide bonds. The molecule has 3 rings (SSSR count). The number of para-hydroxylation sites is 2. The molecule has 1 aliphatic rings. The van der Waals surface area contributed by atoms with E-state index in [4.69, 9.17) is 0 Å². The fourth-order valence-electron chi connectivity index (χ4n) is 3.47. The average molecular weight is 294 g/mol. The minimum absolute atomic E-state index is 0.565. The lowest BCUT2D eigenvalue weighted by atomic mass is 9.89. The SMILES string of the molecule is CC(C)[C@H]1C[C@H](Nc2ccccc2)CCN1c1ccccc1. The molecule has 2 aromatic rings. The molecule has 0 aromatic heterocycles. The van der Waals surface area contributed by atoms with Crippen molar-refractivity contribution in [1.29, 1.82) is 0 Å². The van der Waals surface area contributed by atoms with Gasteiger partial charge in [0.1, 0.15) is 0 Å². The van der Waals surface area contributed by atoms with Crippen LogP contribution in [0.3, 0.4) is 0 Å². The topological polar surface area (TPSA) is 15.3 Å². The maximum Gasteiger partial charge on any atom is 0.0368 e.